The van der Waals surface area contributed by atoms with E-state index in [1.807, 2.05) is 6.92 Å². The quantitative estimate of drug-likeness (QED) is 0.839. The molecule has 1 rings (SSSR count). The molecular weight excluding hydrogens is 274 g/mol. The van der Waals surface area contributed by atoms with Crippen molar-refractivity contribution in [3.8, 4) is 5.75 Å². The van der Waals surface area contributed by atoms with Crippen molar-refractivity contribution >= 4 is 28.1 Å². The molecule has 0 saturated carbocycles. The Morgan fingerprint density at radius 2 is 2.31 bits per heavy atom. The van der Waals surface area contributed by atoms with Crippen LogP contribution in [0.4, 0.5) is 0 Å². The van der Waals surface area contributed by atoms with Crippen LogP contribution in [0.1, 0.15) is 17.3 Å². The van der Waals surface area contributed by atoms with Gasteiger partial charge in [0.2, 0.25) is 0 Å². The van der Waals surface area contributed by atoms with Crippen LogP contribution in [0.2, 0.25) is 0 Å². The van der Waals surface area contributed by atoms with Gasteiger partial charge >= 0.3 is 0 Å². The fourth-order valence-electron chi connectivity index (χ4n) is 1.13. The van der Waals surface area contributed by atoms with Crippen molar-refractivity contribution in [2.45, 2.75) is 6.92 Å². The van der Waals surface area contributed by atoms with Crippen LogP contribution in [0.5, 0.6) is 5.75 Å². The number of rotatable bonds is 5. The fourth-order valence-corrected chi connectivity index (χ4v) is 1.51. The molecule has 0 aliphatic heterocycles. The Kier molecular flexibility index (Phi) is 4.98. The molecule has 1 aromatic rings. The summed E-state index contributed by atoms with van der Waals surface area (Å²) in [5, 5.41) is 2.60. The molecule has 4 nitrogen and oxygen atoms in total. The van der Waals surface area contributed by atoms with Crippen LogP contribution >= 0.6 is 15.9 Å². The van der Waals surface area contributed by atoms with E-state index in [0.717, 1.165) is 4.47 Å². The molecule has 0 aromatic heterocycles. The van der Waals surface area contributed by atoms with Gasteiger partial charge in [-0.2, -0.15) is 0 Å². The van der Waals surface area contributed by atoms with Gasteiger partial charge in [0.1, 0.15) is 5.75 Å². The zero-order chi connectivity index (χ0) is 12.0. The number of benzene rings is 1. The summed E-state index contributed by atoms with van der Waals surface area (Å²) >= 11 is 3.25. The van der Waals surface area contributed by atoms with Crippen molar-refractivity contribution in [2.75, 3.05) is 13.2 Å². The second kappa shape index (κ2) is 6.27. The number of ether oxygens (including phenoxy) is 1. The highest BCUT2D eigenvalue weighted by molar-refractivity contribution is 9.10. The summed E-state index contributed by atoms with van der Waals surface area (Å²) in [4.78, 5) is 21.9. The number of aldehydes is 1. The molecule has 0 unspecified atom stereocenters. The Hall–Kier alpha value is -1.36. The minimum Gasteiger partial charge on any atom is -0.483 e. The summed E-state index contributed by atoms with van der Waals surface area (Å²) < 4.78 is 6.02. The first-order valence-corrected chi connectivity index (χ1v) is 5.61. The maximum Gasteiger partial charge on any atom is 0.257 e. The van der Waals surface area contributed by atoms with Crippen LogP contribution in [0, 0.1) is 0 Å². The predicted molar refractivity (Wildman–Crippen MR) is 63.7 cm³/mol. The molecule has 0 aliphatic carbocycles. The maximum absolute atomic E-state index is 11.1. The largest absolute Gasteiger partial charge is 0.483 e. The van der Waals surface area contributed by atoms with E-state index in [0.29, 0.717) is 24.1 Å². The predicted octanol–water partition coefficient (Wildman–Crippen LogP) is 1.78. The Morgan fingerprint density at radius 3 is 2.94 bits per heavy atom. The van der Waals surface area contributed by atoms with Gasteiger partial charge in [-0.15, -0.1) is 0 Å². The van der Waals surface area contributed by atoms with Gasteiger partial charge in [0.15, 0.2) is 12.9 Å². The topological polar surface area (TPSA) is 55.4 Å². The van der Waals surface area contributed by atoms with Gasteiger partial charge in [-0.05, 0) is 25.1 Å². The first-order chi connectivity index (χ1) is 7.67. The number of hydrogen-bond donors (Lipinski definition) is 1. The van der Waals surface area contributed by atoms with E-state index in [1.54, 1.807) is 18.2 Å². The van der Waals surface area contributed by atoms with Crippen molar-refractivity contribution in [2.24, 2.45) is 0 Å². The zero-order valence-corrected chi connectivity index (χ0v) is 10.4. The highest BCUT2D eigenvalue weighted by Gasteiger charge is 2.06. The standard InChI is InChI=1S/C11H12BrNO3/c1-2-13-11(15)7-16-10-4-3-9(12)5-8(10)6-14/h3-6H,2,7H2,1H3,(H,13,15). The normalized spacial score (nSPS) is 9.62. The van der Waals surface area contributed by atoms with E-state index < -0.39 is 0 Å². The molecule has 0 fully saturated rings. The van der Waals surface area contributed by atoms with Crippen LogP contribution in [-0.2, 0) is 4.79 Å². The molecule has 0 radical (unpaired) electrons. The molecule has 1 amide bonds. The molecule has 1 N–H and O–H groups in total. The third-order valence-electron chi connectivity index (χ3n) is 1.83. The fraction of sp³-hybridized carbons (Fsp3) is 0.273. The van der Waals surface area contributed by atoms with Crippen molar-refractivity contribution in [1.82, 2.24) is 5.32 Å². The SMILES string of the molecule is CCNC(=O)COc1ccc(Br)cc1C=O. The molecule has 0 saturated heterocycles. The summed E-state index contributed by atoms with van der Waals surface area (Å²) in [6.07, 6.45) is 0.692. The van der Waals surface area contributed by atoms with Crippen LogP contribution in [0.3, 0.4) is 0 Å². The molecule has 0 heterocycles. The molecule has 16 heavy (non-hydrogen) atoms. The van der Waals surface area contributed by atoms with E-state index in [1.165, 1.54) is 0 Å². The number of carbonyl (C=O) groups is 2. The van der Waals surface area contributed by atoms with E-state index in [2.05, 4.69) is 21.2 Å². The molecule has 0 atom stereocenters. The number of nitrogens with one attached hydrogen (secondary N) is 1. The Balaban J connectivity index is 2.66. The van der Waals surface area contributed by atoms with Gasteiger partial charge < -0.3 is 10.1 Å². The van der Waals surface area contributed by atoms with E-state index in [4.69, 9.17) is 4.74 Å². The molecular formula is C11H12BrNO3. The van der Waals surface area contributed by atoms with Crippen LogP contribution < -0.4 is 10.1 Å². The van der Waals surface area contributed by atoms with Crippen LogP contribution in [-0.4, -0.2) is 25.3 Å². The van der Waals surface area contributed by atoms with Crippen molar-refractivity contribution < 1.29 is 14.3 Å². The average Bonchev–Trinajstić information content (AvgIpc) is 2.27. The monoisotopic (exact) mass is 285 g/mol. The number of likely N-dealkylation sites (N-methyl/N-ethyl adjacent to an activating group) is 1. The molecule has 86 valence electrons. The van der Waals surface area contributed by atoms with E-state index in [9.17, 15) is 9.59 Å². The summed E-state index contributed by atoms with van der Waals surface area (Å²) in [7, 11) is 0. The van der Waals surface area contributed by atoms with Crippen LogP contribution in [0.15, 0.2) is 22.7 Å². The number of hydrogen-bond acceptors (Lipinski definition) is 3. The molecule has 1 aromatic carbocycles. The van der Waals surface area contributed by atoms with Gasteiger partial charge in [0, 0.05) is 11.0 Å². The van der Waals surface area contributed by atoms with E-state index in [-0.39, 0.29) is 12.5 Å². The summed E-state index contributed by atoms with van der Waals surface area (Å²) in [6, 6.07) is 5.03. The average molecular weight is 286 g/mol. The minimum atomic E-state index is -0.206. The highest BCUT2D eigenvalue weighted by atomic mass is 79.9. The van der Waals surface area contributed by atoms with Crippen molar-refractivity contribution in [3.05, 3.63) is 28.2 Å². The molecule has 0 bridgehead atoms. The van der Waals surface area contributed by atoms with Gasteiger partial charge in [-0.3, -0.25) is 9.59 Å². The molecule has 5 heteroatoms. The second-order valence-corrected chi connectivity index (χ2v) is 3.96. The lowest BCUT2D eigenvalue weighted by Gasteiger charge is -2.08. The highest BCUT2D eigenvalue weighted by Crippen LogP contribution is 2.21. The van der Waals surface area contributed by atoms with Gasteiger partial charge in [0.05, 0.1) is 5.56 Å². The first kappa shape index (κ1) is 12.7. The number of carbonyl (C=O) groups excluding carboxylic acids is 2. The third-order valence-corrected chi connectivity index (χ3v) is 2.32. The summed E-state index contributed by atoms with van der Waals surface area (Å²) in [5.74, 6) is 0.201. The lowest BCUT2D eigenvalue weighted by Crippen LogP contribution is -2.28. The van der Waals surface area contributed by atoms with Gasteiger partial charge in [0.25, 0.3) is 5.91 Å². The second-order valence-electron chi connectivity index (χ2n) is 3.04. The lowest BCUT2D eigenvalue weighted by molar-refractivity contribution is -0.122. The van der Waals surface area contributed by atoms with Crippen LogP contribution in [0.25, 0.3) is 0 Å². The van der Waals surface area contributed by atoms with Gasteiger partial charge in [-0.1, -0.05) is 15.9 Å². The third kappa shape index (κ3) is 3.66. The Morgan fingerprint density at radius 1 is 1.56 bits per heavy atom. The molecule has 0 aliphatic rings. The summed E-state index contributed by atoms with van der Waals surface area (Å²) in [5.41, 5.74) is 0.415. The minimum absolute atomic E-state index is 0.0870. The molecule has 0 spiro atoms. The maximum atomic E-state index is 11.1. The van der Waals surface area contributed by atoms with Crippen molar-refractivity contribution in [1.29, 1.82) is 0 Å². The van der Waals surface area contributed by atoms with Crippen molar-refractivity contribution in [3.63, 3.8) is 0 Å². The van der Waals surface area contributed by atoms with E-state index >= 15 is 0 Å². The van der Waals surface area contributed by atoms with Gasteiger partial charge in [-0.25, -0.2) is 0 Å². The lowest BCUT2D eigenvalue weighted by atomic mass is 10.2. The zero-order valence-electron chi connectivity index (χ0n) is 8.83. The smallest absolute Gasteiger partial charge is 0.257 e. The number of amides is 1. The Bertz CT molecular complexity index is 393. The summed E-state index contributed by atoms with van der Waals surface area (Å²) in [6.45, 7) is 2.30. The Labute approximate surface area is 102 Å². The number of halogens is 1. The first-order valence-electron chi connectivity index (χ1n) is 4.81.